The van der Waals surface area contributed by atoms with Crippen LogP contribution in [0.1, 0.15) is 22.4 Å². The van der Waals surface area contributed by atoms with Gasteiger partial charge in [0.05, 0.1) is 23.0 Å². The van der Waals surface area contributed by atoms with Crippen LogP contribution in [0.15, 0.2) is 53.3 Å². The van der Waals surface area contributed by atoms with Gasteiger partial charge in [0, 0.05) is 30.2 Å². The predicted molar refractivity (Wildman–Crippen MR) is 100 cm³/mol. The number of H-pyrrole nitrogens is 1. The van der Waals surface area contributed by atoms with Crippen LogP contribution >= 0.6 is 11.6 Å². The molecule has 2 aromatic carbocycles. The van der Waals surface area contributed by atoms with Gasteiger partial charge in [-0.3, -0.25) is 14.8 Å². The summed E-state index contributed by atoms with van der Waals surface area (Å²) in [5, 5.41) is 12.9. The molecule has 4 rings (SSSR count). The molecule has 3 aromatic rings. The third-order valence-electron chi connectivity index (χ3n) is 4.68. The maximum atomic E-state index is 12.7. The number of nitrogens with zero attached hydrogens (tertiary/aromatic N) is 3. The van der Waals surface area contributed by atoms with Crippen LogP contribution < -0.4 is 5.56 Å². The molecule has 0 fully saturated rings. The molecule has 0 unspecified atom stereocenters. The Bertz CT molecular complexity index is 1040. The number of halogens is 1. The lowest BCUT2D eigenvalue weighted by Gasteiger charge is -2.26. The van der Waals surface area contributed by atoms with Gasteiger partial charge in [0.2, 0.25) is 0 Å². The van der Waals surface area contributed by atoms with Crippen LogP contribution in [0, 0.1) is 11.3 Å². The van der Waals surface area contributed by atoms with Crippen molar-refractivity contribution in [3.05, 3.63) is 86.3 Å². The lowest BCUT2D eigenvalue weighted by atomic mass is 10.1. The van der Waals surface area contributed by atoms with Gasteiger partial charge in [-0.25, -0.2) is 4.68 Å². The molecule has 130 valence electrons. The summed E-state index contributed by atoms with van der Waals surface area (Å²) in [6, 6.07) is 16.9. The van der Waals surface area contributed by atoms with Crippen LogP contribution in [0.25, 0.3) is 5.69 Å². The molecule has 0 spiro atoms. The summed E-state index contributed by atoms with van der Waals surface area (Å²) in [4.78, 5) is 15.0. The highest BCUT2D eigenvalue weighted by Gasteiger charge is 2.23. The second kappa shape index (κ2) is 6.83. The van der Waals surface area contributed by atoms with Crippen molar-refractivity contribution in [2.24, 2.45) is 0 Å². The minimum Gasteiger partial charge on any atom is -0.293 e. The van der Waals surface area contributed by atoms with E-state index in [4.69, 9.17) is 16.9 Å². The van der Waals surface area contributed by atoms with Crippen molar-refractivity contribution in [2.45, 2.75) is 19.5 Å². The third-order valence-corrected chi connectivity index (χ3v) is 4.92. The third kappa shape index (κ3) is 3.17. The molecule has 0 aliphatic carbocycles. The average molecular weight is 365 g/mol. The molecule has 1 aliphatic rings. The van der Waals surface area contributed by atoms with Crippen LogP contribution in [-0.2, 0) is 19.5 Å². The van der Waals surface area contributed by atoms with Crippen LogP contribution in [0.5, 0.6) is 0 Å². The second-order valence-electron chi connectivity index (χ2n) is 6.46. The van der Waals surface area contributed by atoms with Crippen LogP contribution in [0.2, 0.25) is 5.02 Å². The monoisotopic (exact) mass is 364 g/mol. The number of aromatic nitrogens is 2. The number of fused-ring (bicyclic) bond motifs is 1. The molecular weight excluding hydrogens is 348 g/mol. The Morgan fingerprint density at radius 1 is 1.19 bits per heavy atom. The number of benzene rings is 2. The quantitative estimate of drug-likeness (QED) is 0.775. The summed E-state index contributed by atoms with van der Waals surface area (Å²) in [5.41, 5.74) is 4.27. The first kappa shape index (κ1) is 16.6. The van der Waals surface area contributed by atoms with Crippen molar-refractivity contribution in [2.75, 3.05) is 6.54 Å². The van der Waals surface area contributed by atoms with Crippen LogP contribution in [0.3, 0.4) is 0 Å². The van der Waals surface area contributed by atoms with E-state index in [1.165, 1.54) is 0 Å². The Morgan fingerprint density at radius 3 is 2.73 bits per heavy atom. The van der Waals surface area contributed by atoms with Crippen molar-refractivity contribution >= 4 is 11.6 Å². The number of rotatable bonds is 3. The summed E-state index contributed by atoms with van der Waals surface area (Å²) in [7, 11) is 0. The lowest BCUT2D eigenvalue weighted by Crippen LogP contribution is -2.31. The molecule has 0 atom stereocenters. The standard InChI is InChI=1S/C20H17ClN4O/c21-16-3-1-2-15(10-16)12-24-9-8-18-19(13-24)23-25(20(18)26)17-6-4-14(11-22)5-7-17/h1-7,10,23H,8-9,12-13H2. The van der Waals surface area contributed by atoms with E-state index in [1.807, 2.05) is 18.2 Å². The average Bonchev–Trinajstić information content (AvgIpc) is 2.98. The van der Waals surface area contributed by atoms with E-state index < -0.39 is 0 Å². The van der Waals surface area contributed by atoms with Gasteiger partial charge < -0.3 is 0 Å². The fourth-order valence-electron chi connectivity index (χ4n) is 3.37. The molecule has 0 amide bonds. The van der Waals surface area contributed by atoms with E-state index >= 15 is 0 Å². The Labute approximate surface area is 156 Å². The number of hydrogen-bond acceptors (Lipinski definition) is 3. The highest BCUT2D eigenvalue weighted by atomic mass is 35.5. The van der Waals surface area contributed by atoms with Gasteiger partial charge in [0.15, 0.2) is 0 Å². The van der Waals surface area contributed by atoms with E-state index in [0.717, 1.165) is 40.6 Å². The number of aromatic amines is 1. The zero-order chi connectivity index (χ0) is 18.1. The lowest BCUT2D eigenvalue weighted by molar-refractivity contribution is 0.242. The first-order valence-corrected chi connectivity index (χ1v) is 8.82. The Hall–Kier alpha value is -2.81. The van der Waals surface area contributed by atoms with Crippen LogP contribution in [0.4, 0.5) is 0 Å². The van der Waals surface area contributed by atoms with Crippen molar-refractivity contribution < 1.29 is 0 Å². The van der Waals surface area contributed by atoms with E-state index in [2.05, 4.69) is 22.1 Å². The predicted octanol–water partition coefficient (Wildman–Crippen LogP) is 3.25. The highest BCUT2D eigenvalue weighted by Crippen LogP contribution is 2.19. The number of hydrogen-bond donors (Lipinski definition) is 1. The van der Waals surface area contributed by atoms with Gasteiger partial charge in [-0.2, -0.15) is 5.26 Å². The van der Waals surface area contributed by atoms with E-state index in [9.17, 15) is 4.79 Å². The van der Waals surface area contributed by atoms with E-state index in [0.29, 0.717) is 18.5 Å². The fraction of sp³-hybridized carbons (Fsp3) is 0.200. The molecule has 1 N–H and O–H groups in total. The van der Waals surface area contributed by atoms with E-state index in [-0.39, 0.29) is 5.56 Å². The second-order valence-corrected chi connectivity index (χ2v) is 6.90. The van der Waals surface area contributed by atoms with Gasteiger partial charge in [-0.15, -0.1) is 0 Å². The maximum Gasteiger partial charge on any atom is 0.274 e. The molecular formula is C20H17ClN4O. The maximum absolute atomic E-state index is 12.7. The summed E-state index contributed by atoms with van der Waals surface area (Å²) in [6.07, 6.45) is 0.717. The molecule has 2 heterocycles. The molecule has 0 radical (unpaired) electrons. The molecule has 0 saturated heterocycles. The summed E-state index contributed by atoms with van der Waals surface area (Å²) < 4.78 is 1.56. The molecule has 5 nitrogen and oxygen atoms in total. The topological polar surface area (TPSA) is 64.8 Å². The summed E-state index contributed by atoms with van der Waals surface area (Å²) in [5.74, 6) is 0. The molecule has 6 heteroatoms. The summed E-state index contributed by atoms with van der Waals surface area (Å²) >= 11 is 6.07. The van der Waals surface area contributed by atoms with Crippen molar-refractivity contribution in [3.63, 3.8) is 0 Å². The number of nitriles is 1. The minimum absolute atomic E-state index is 0.00730. The van der Waals surface area contributed by atoms with Crippen molar-refractivity contribution in [3.8, 4) is 11.8 Å². The zero-order valence-electron chi connectivity index (χ0n) is 14.1. The Balaban J connectivity index is 1.58. The molecule has 1 aliphatic heterocycles. The number of nitrogens with one attached hydrogen (secondary N) is 1. The van der Waals surface area contributed by atoms with Gasteiger partial charge >= 0.3 is 0 Å². The highest BCUT2D eigenvalue weighted by molar-refractivity contribution is 6.30. The Morgan fingerprint density at radius 2 is 2.00 bits per heavy atom. The molecule has 0 bridgehead atoms. The Kier molecular flexibility index (Phi) is 4.37. The molecule has 0 saturated carbocycles. The van der Waals surface area contributed by atoms with Gasteiger partial charge in [0.25, 0.3) is 5.56 Å². The zero-order valence-corrected chi connectivity index (χ0v) is 14.8. The van der Waals surface area contributed by atoms with Gasteiger partial charge in [0.1, 0.15) is 0 Å². The first-order valence-electron chi connectivity index (χ1n) is 8.44. The SMILES string of the molecule is N#Cc1ccc(-n2[nH]c3c(c2=O)CCN(Cc2cccc(Cl)c2)C3)cc1. The molecule has 1 aromatic heterocycles. The van der Waals surface area contributed by atoms with Crippen molar-refractivity contribution in [1.29, 1.82) is 5.26 Å². The smallest absolute Gasteiger partial charge is 0.274 e. The van der Waals surface area contributed by atoms with Gasteiger partial charge in [-0.05, 0) is 48.4 Å². The molecule has 26 heavy (non-hydrogen) atoms. The largest absolute Gasteiger partial charge is 0.293 e. The van der Waals surface area contributed by atoms with Gasteiger partial charge in [-0.1, -0.05) is 23.7 Å². The summed E-state index contributed by atoms with van der Waals surface area (Å²) in [6.45, 7) is 2.32. The van der Waals surface area contributed by atoms with Crippen molar-refractivity contribution in [1.82, 2.24) is 14.7 Å². The van der Waals surface area contributed by atoms with Crippen LogP contribution in [-0.4, -0.2) is 21.2 Å². The minimum atomic E-state index is -0.00730. The first-order chi connectivity index (χ1) is 12.6. The normalized spacial score (nSPS) is 14.0. The fourth-order valence-corrected chi connectivity index (χ4v) is 3.59. The van der Waals surface area contributed by atoms with E-state index in [1.54, 1.807) is 28.9 Å².